The highest BCUT2D eigenvalue weighted by Gasteiger charge is 2.78. The summed E-state index contributed by atoms with van der Waals surface area (Å²) in [4.78, 5) is 85.8. The van der Waals surface area contributed by atoms with Gasteiger partial charge in [0.1, 0.15) is 58.4 Å². The highest BCUT2D eigenvalue weighted by atomic mass is 32.2. The van der Waals surface area contributed by atoms with E-state index < -0.39 is 127 Å². The maximum Gasteiger partial charge on any atom is 0.338 e. The Morgan fingerprint density at radius 2 is 1.56 bits per heavy atom. The lowest BCUT2D eigenvalue weighted by molar-refractivity contribution is -0.462. The molecule has 2 aliphatic heterocycles. The molecule has 1 amide bonds. The van der Waals surface area contributed by atoms with Gasteiger partial charge in [0.25, 0.3) is 0 Å². The summed E-state index contributed by atoms with van der Waals surface area (Å²) in [5.74, 6) is -5.29. The molecule has 4 aliphatic carbocycles. The van der Waals surface area contributed by atoms with Gasteiger partial charge in [0.05, 0.1) is 41.2 Å². The summed E-state index contributed by atoms with van der Waals surface area (Å²) in [6, 6.07) is 29.6. The highest BCUT2D eigenvalue weighted by molar-refractivity contribution is 7.99. The first kappa shape index (κ1) is 71.4. The molecule has 3 fully saturated rings. The number of ketones is 1. The van der Waals surface area contributed by atoms with Crippen molar-refractivity contribution in [1.82, 2.24) is 10.6 Å². The SMILES string of the molecule is CC(=O)O[C@@]12CO[C@@H]1C[C@H](O)[C@@]1(C)C(=O)[C@H](O)C3=C(C)C(OC(=O)[C@H](O)[C@@H](NC(=O)CCCCCNC(O)CCSCC[Si]4(C)C5=CC(=[N+](C)C)C=CC5=C(c5ccccc5C(=O)O)c5ccc(N(C)C)cc54)c4ccccc4)C[C@@](O)([C@@H](OC(=O)c4ccccc4)C12)C3(C)C. The number of carboxylic acids is 1. The zero-order chi connectivity index (χ0) is 69.4. The lowest BCUT2D eigenvalue weighted by Crippen LogP contribution is -2.81. The molecule has 10 rings (SSSR count). The maximum absolute atomic E-state index is 15.2. The van der Waals surface area contributed by atoms with Gasteiger partial charge in [-0.25, -0.2) is 19.0 Å². The minimum atomic E-state index is -2.50. The molecule has 2 heterocycles. The second-order valence-corrected chi connectivity index (χ2v) is 33.2. The molecule has 4 aromatic carbocycles. The minimum Gasteiger partial charge on any atom is -0.478 e. The van der Waals surface area contributed by atoms with Gasteiger partial charge in [0.15, 0.2) is 23.2 Å². The first-order valence-electron chi connectivity index (χ1n) is 33.0. The number of amides is 1. The fraction of sp³-hybridized carbons (Fsp3) is 0.473. The Labute approximate surface area is 566 Å². The Morgan fingerprint density at radius 1 is 0.875 bits per heavy atom. The van der Waals surface area contributed by atoms with Crippen LogP contribution < -0.4 is 20.7 Å². The van der Waals surface area contributed by atoms with Crippen LogP contribution in [-0.2, 0) is 38.1 Å². The molecule has 20 nitrogen and oxygen atoms in total. The summed E-state index contributed by atoms with van der Waals surface area (Å²) in [5.41, 5.74) is -1.22. The molecule has 1 saturated heterocycles. The van der Waals surface area contributed by atoms with Gasteiger partial charge in [-0.3, -0.25) is 19.7 Å². The van der Waals surface area contributed by atoms with E-state index in [1.165, 1.54) is 36.4 Å². The van der Waals surface area contributed by atoms with E-state index in [9.17, 15) is 54.6 Å². The Morgan fingerprint density at radius 3 is 2.22 bits per heavy atom. The number of anilines is 1. The number of rotatable bonds is 24. The molecule has 2 saturated carbocycles. The number of Topliss-reactive ketones (excluding diaryl/α,β-unsaturated/α-hetero) is 1. The Balaban J connectivity index is 0.768. The average Bonchev–Trinajstić information content (AvgIpc) is 0.671. The second kappa shape index (κ2) is 28.6. The lowest BCUT2D eigenvalue weighted by atomic mass is 9.44. The summed E-state index contributed by atoms with van der Waals surface area (Å²) >= 11 is 1.79. The van der Waals surface area contributed by atoms with Crippen molar-refractivity contribution >= 4 is 77.6 Å². The number of hydrogen-bond donors (Lipinski definition) is 8. The van der Waals surface area contributed by atoms with Crippen LogP contribution >= 0.6 is 11.8 Å². The van der Waals surface area contributed by atoms with Gasteiger partial charge >= 0.3 is 23.9 Å². The van der Waals surface area contributed by atoms with Crippen LogP contribution in [0.15, 0.2) is 143 Å². The number of fused-ring (bicyclic) bond motifs is 7. The molecular formula is C74H91N4O16SSi+. The van der Waals surface area contributed by atoms with Gasteiger partial charge in [-0.2, -0.15) is 11.8 Å². The van der Waals surface area contributed by atoms with Gasteiger partial charge in [-0.15, -0.1) is 0 Å². The Hall–Kier alpha value is -7.38. The van der Waals surface area contributed by atoms with E-state index in [4.69, 9.17) is 18.9 Å². The van der Waals surface area contributed by atoms with E-state index in [1.54, 1.807) is 86.3 Å². The maximum atomic E-state index is 15.2. The Kier molecular flexibility index (Phi) is 21.3. The van der Waals surface area contributed by atoms with Crippen molar-refractivity contribution in [3.8, 4) is 0 Å². The van der Waals surface area contributed by atoms with Crippen LogP contribution in [0.4, 0.5) is 5.69 Å². The van der Waals surface area contributed by atoms with Gasteiger partial charge < -0.3 is 59.8 Å². The number of ether oxygens (including phenoxy) is 4. The van der Waals surface area contributed by atoms with Crippen LogP contribution in [0, 0.1) is 16.7 Å². The molecular weight excluding hydrogens is 1260 g/mol. The van der Waals surface area contributed by atoms with Crippen molar-refractivity contribution in [2.45, 2.75) is 152 Å². The lowest BCUT2D eigenvalue weighted by Gasteiger charge is -2.67. The van der Waals surface area contributed by atoms with Crippen LogP contribution in [0.3, 0.4) is 0 Å². The summed E-state index contributed by atoms with van der Waals surface area (Å²) in [6.45, 7) is 9.79. The monoisotopic (exact) mass is 1350 g/mol. The topological polar surface area (TPSA) is 291 Å². The van der Waals surface area contributed by atoms with Gasteiger partial charge in [0, 0.05) is 63.5 Å². The average molecular weight is 1350 g/mol. The van der Waals surface area contributed by atoms with E-state index >= 15 is 4.79 Å². The normalized spacial score (nSPS) is 27.9. The van der Waals surface area contributed by atoms with E-state index in [2.05, 4.69) is 63.1 Å². The number of aliphatic hydroxyl groups is 5. The van der Waals surface area contributed by atoms with Gasteiger partial charge in [-0.1, -0.05) is 99.6 Å². The van der Waals surface area contributed by atoms with E-state index in [1.807, 2.05) is 40.3 Å². The third-order valence-electron chi connectivity index (χ3n) is 21.1. The summed E-state index contributed by atoms with van der Waals surface area (Å²) in [6.07, 6.45) is -2.70. The zero-order valence-corrected chi connectivity index (χ0v) is 58.1. The van der Waals surface area contributed by atoms with Crippen molar-refractivity contribution in [2.24, 2.45) is 16.7 Å². The number of nitrogens with zero attached hydrogens (tertiary/aromatic N) is 2. The molecule has 13 atom stereocenters. The van der Waals surface area contributed by atoms with Crippen molar-refractivity contribution in [2.75, 3.05) is 57.7 Å². The number of carbonyl (C=O) groups is 6. The quantitative estimate of drug-likeness (QED) is 0.00684. The molecule has 0 spiro atoms. The predicted octanol–water partition coefficient (Wildman–Crippen LogP) is 6.76. The van der Waals surface area contributed by atoms with E-state index in [0.29, 0.717) is 49.1 Å². The molecule has 512 valence electrons. The predicted molar refractivity (Wildman–Crippen MR) is 367 cm³/mol. The number of hydrogen-bond acceptors (Lipinski definition) is 18. The van der Waals surface area contributed by atoms with Gasteiger partial charge in [-0.05, 0) is 143 Å². The largest absolute Gasteiger partial charge is 0.478 e. The number of allylic oxidation sites excluding steroid dienone is 5. The van der Waals surface area contributed by atoms with E-state index in [0.717, 1.165) is 46.8 Å². The fourth-order valence-corrected chi connectivity index (χ4v) is 21.8. The minimum absolute atomic E-state index is 0.0316. The van der Waals surface area contributed by atoms with Crippen LogP contribution in [0.2, 0.25) is 12.6 Å². The summed E-state index contributed by atoms with van der Waals surface area (Å²) in [5, 5.41) is 80.2. The summed E-state index contributed by atoms with van der Waals surface area (Å²) < 4.78 is 26.6. The number of aromatic carboxylic acids is 1. The number of unbranched alkanes of at least 4 members (excludes halogenated alkanes) is 2. The molecule has 0 aromatic heterocycles. The molecule has 2 bridgehead atoms. The standard InChI is InChI=1S/C74H90N4O16SSi/c1-43-53(41-74(90)67(93-69(88)46-24-16-12-17-25-46)65-72(5,66(85)63(83)61(43)71(74,3)4)56(80)40-57-73(65,42-91-57)94-44(2)79)92-70(89)64(84)62(45-22-14-11-15-23-45)76-59(82)28-18-13-21-34-75-58(81)33-35-95-36-37-96(10)54-38-47(77(6)7)29-31-51(54)60(49-26-19-20-27-50(49)68(86)87)52-32-30-48(78(8)9)39-55(52)96/h11-12,14-17,19-20,22-27,29-32,38-39,53,56-58,62-65,67,75,80-81,83-84,90H,13,18,21,28,33-37,40-42H2,1-10H3,(H-,76,82,86,87)/p+1/t53?,56-,57+,58?,62-,63+,64+,65?,67-,72+,73-,74+/m0/s1. The van der Waals surface area contributed by atoms with Crippen molar-refractivity contribution in [3.05, 3.63) is 171 Å². The van der Waals surface area contributed by atoms with E-state index in [-0.39, 0.29) is 41.7 Å². The summed E-state index contributed by atoms with van der Waals surface area (Å²) in [7, 11) is 5.60. The Bertz CT molecular complexity index is 3830. The van der Waals surface area contributed by atoms with Crippen LogP contribution in [0.25, 0.3) is 5.57 Å². The molecule has 4 unspecified atom stereocenters. The van der Waals surface area contributed by atoms with Crippen molar-refractivity contribution in [3.63, 3.8) is 0 Å². The van der Waals surface area contributed by atoms with Crippen LogP contribution in [-0.4, -0.2) is 191 Å². The molecule has 0 radical (unpaired) electrons. The number of aliphatic hydroxyl groups excluding tert-OH is 4. The second-order valence-electron chi connectivity index (χ2n) is 27.7. The molecule has 8 N–H and O–H groups in total. The van der Waals surface area contributed by atoms with Crippen LogP contribution in [0.1, 0.15) is 123 Å². The number of nitrogens with one attached hydrogen (secondary N) is 2. The molecule has 22 heteroatoms. The number of esters is 3. The number of thioether (sulfide) groups is 1. The molecule has 4 aromatic rings. The number of carbonyl (C=O) groups excluding carboxylic acids is 5. The molecule has 96 heavy (non-hydrogen) atoms. The fourth-order valence-electron chi connectivity index (χ4n) is 15.6. The molecule has 6 aliphatic rings. The number of benzene rings is 4. The van der Waals surface area contributed by atoms with Gasteiger partial charge in [0.2, 0.25) is 5.91 Å². The third-order valence-corrected chi connectivity index (χ3v) is 27.0. The smallest absolute Gasteiger partial charge is 0.338 e. The first-order chi connectivity index (χ1) is 45.5. The number of carboxylic acid groups (broad SMARTS) is 1. The van der Waals surface area contributed by atoms with Crippen molar-refractivity contribution < 1.29 is 82.9 Å². The highest BCUT2D eigenvalue weighted by Crippen LogP contribution is 2.64. The zero-order valence-electron chi connectivity index (χ0n) is 56.3. The first-order valence-corrected chi connectivity index (χ1v) is 36.8. The van der Waals surface area contributed by atoms with Crippen molar-refractivity contribution in [1.29, 1.82) is 0 Å². The van der Waals surface area contributed by atoms with Crippen LogP contribution in [0.5, 0.6) is 0 Å². The third kappa shape index (κ3) is 13.3.